The largest absolute Gasteiger partial charge is 0.343 e. The van der Waals surface area contributed by atoms with E-state index in [1.807, 2.05) is 31.1 Å². The first kappa shape index (κ1) is 15.7. The molecule has 0 atom stereocenters. The molecule has 0 saturated heterocycles. The highest BCUT2D eigenvalue weighted by Crippen LogP contribution is 1.99. The van der Waals surface area contributed by atoms with Crippen LogP contribution in [0.1, 0.15) is 39.4 Å². The van der Waals surface area contributed by atoms with E-state index in [0.29, 0.717) is 13.0 Å². The Labute approximate surface area is 116 Å². The Morgan fingerprint density at radius 2 is 2.11 bits per heavy atom. The molecule has 0 bridgehead atoms. The number of nitrogens with zero attached hydrogens (tertiary/aromatic N) is 3. The third kappa shape index (κ3) is 5.03. The summed E-state index contributed by atoms with van der Waals surface area (Å²) in [5.41, 5.74) is 0. The van der Waals surface area contributed by atoms with Crippen molar-refractivity contribution in [2.75, 3.05) is 19.6 Å². The molecule has 0 aromatic carbocycles. The number of imidazole rings is 1. The van der Waals surface area contributed by atoms with Crippen molar-refractivity contribution in [3.05, 3.63) is 18.2 Å². The molecule has 5 heteroatoms. The number of hydrogen-bond donors (Lipinski definition) is 1. The van der Waals surface area contributed by atoms with Crippen molar-refractivity contribution >= 4 is 5.91 Å². The van der Waals surface area contributed by atoms with Crippen molar-refractivity contribution in [2.45, 2.75) is 46.7 Å². The van der Waals surface area contributed by atoms with Crippen LogP contribution in [0, 0.1) is 0 Å². The number of carbonyl (C=O) groups excluding carboxylic acids is 1. The average Bonchev–Trinajstić information content (AvgIpc) is 2.84. The molecule has 1 aromatic rings. The highest BCUT2D eigenvalue weighted by molar-refractivity contribution is 5.76. The molecule has 1 rings (SSSR count). The van der Waals surface area contributed by atoms with Gasteiger partial charge in [-0.25, -0.2) is 4.98 Å². The molecule has 108 valence electrons. The summed E-state index contributed by atoms with van der Waals surface area (Å²) in [5, 5.41) is 3.29. The Balaban J connectivity index is 2.27. The lowest BCUT2D eigenvalue weighted by Gasteiger charge is -2.18. The molecule has 0 saturated carbocycles. The lowest BCUT2D eigenvalue weighted by molar-refractivity contribution is -0.130. The van der Waals surface area contributed by atoms with Gasteiger partial charge in [-0.2, -0.15) is 0 Å². The molecule has 1 amide bonds. The van der Waals surface area contributed by atoms with E-state index < -0.39 is 0 Å². The van der Waals surface area contributed by atoms with Crippen LogP contribution in [0.5, 0.6) is 0 Å². The van der Waals surface area contributed by atoms with Crippen molar-refractivity contribution in [2.24, 2.45) is 0 Å². The molecule has 0 aliphatic rings. The molecule has 1 heterocycles. The van der Waals surface area contributed by atoms with Crippen LogP contribution in [0.3, 0.4) is 0 Å². The van der Waals surface area contributed by atoms with E-state index >= 15 is 0 Å². The molecule has 0 unspecified atom stereocenters. The second-order valence-corrected chi connectivity index (χ2v) is 4.53. The number of nitrogens with one attached hydrogen (secondary N) is 1. The molecule has 0 aliphatic heterocycles. The second kappa shape index (κ2) is 8.69. The van der Waals surface area contributed by atoms with Crippen LogP contribution in [0.2, 0.25) is 0 Å². The number of aryl methyl sites for hydroxylation is 1. The van der Waals surface area contributed by atoms with Gasteiger partial charge in [-0.05, 0) is 20.3 Å². The van der Waals surface area contributed by atoms with Crippen LogP contribution in [-0.4, -0.2) is 40.0 Å². The lowest BCUT2D eigenvalue weighted by atomic mass is 10.3. The summed E-state index contributed by atoms with van der Waals surface area (Å²) < 4.78 is 2.15. The molecule has 0 fully saturated rings. The molecule has 0 aliphatic carbocycles. The lowest BCUT2D eigenvalue weighted by Crippen LogP contribution is -2.33. The Kier molecular flexibility index (Phi) is 7.18. The highest BCUT2D eigenvalue weighted by atomic mass is 16.2. The van der Waals surface area contributed by atoms with Gasteiger partial charge in [-0.3, -0.25) is 4.79 Å². The summed E-state index contributed by atoms with van der Waals surface area (Å²) in [4.78, 5) is 18.0. The minimum Gasteiger partial charge on any atom is -0.343 e. The predicted molar refractivity (Wildman–Crippen MR) is 76.8 cm³/mol. The molecule has 1 aromatic heterocycles. The van der Waals surface area contributed by atoms with E-state index in [1.165, 1.54) is 0 Å². The zero-order chi connectivity index (χ0) is 14.1. The van der Waals surface area contributed by atoms with E-state index in [1.54, 1.807) is 0 Å². The predicted octanol–water partition coefficient (Wildman–Crippen LogP) is 1.64. The van der Waals surface area contributed by atoms with E-state index in [4.69, 9.17) is 0 Å². The fraction of sp³-hybridized carbons (Fsp3) is 0.714. The summed E-state index contributed by atoms with van der Waals surface area (Å²) in [5.74, 6) is 1.26. The normalized spacial score (nSPS) is 10.7. The molecule has 5 nitrogen and oxygen atoms in total. The van der Waals surface area contributed by atoms with Crippen LogP contribution in [0.4, 0.5) is 0 Å². The van der Waals surface area contributed by atoms with Crippen molar-refractivity contribution in [3.63, 3.8) is 0 Å². The van der Waals surface area contributed by atoms with Crippen molar-refractivity contribution in [1.82, 2.24) is 19.8 Å². The smallest absolute Gasteiger partial charge is 0.223 e. The fourth-order valence-electron chi connectivity index (χ4n) is 2.08. The molecule has 0 radical (unpaired) electrons. The van der Waals surface area contributed by atoms with Gasteiger partial charge in [-0.1, -0.05) is 6.92 Å². The zero-order valence-corrected chi connectivity index (χ0v) is 12.4. The molecule has 1 N–H and O–H groups in total. The van der Waals surface area contributed by atoms with E-state index in [0.717, 1.165) is 38.4 Å². The molecular weight excluding hydrogens is 240 g/mol. The topological polar surface area (TPSA) is 50.2 Å². The van der Waals surface area contributed by atoms with E-state index in [9.17, 15) is 4.79 Å². The Morgan fingerprint density at radius 3 is 2.74 bits per heavy atom. The SMILES string of the molecule is CCCn1ccnc1CNCCC(=O)N(CC)CC. The zero-order valence-electron chi connectivity index (χ0n) is 12.4. The Hall–Kier alpha value is -1.36. The maximum absolute atomic E-state index is 11.8. The second-order valence-electron chi connectivity index (χ2n) is 4.53. The van der Waals surface area contributed by atoms with Crippen molar-refractivity contribution in [3.8, 4) is 0 Å². The maximum atomic E-state index is 11.8. The number of aromatic nitrogens is 2. The minimum atomic E-state index is 0.217. The summed E-state index contributed by atoms with van der Waals surface area (Å²) in [7, 11) is 0. The van der Waals surface area contributed by atoms with E-state index in [-0.39, 0.29) is 5.91 Å². The average molecular weight is 266 g/mol. The van der Waals surface area contributed by atoms with Gasteiger partial charge >= 0.3 is 0 Å². The van der Waals surface area contributed by atoms with E-state index in [2.05, 4.69) is 21.8 Å². The third-order valence-corrected chi connectivity index (χ3v) is 3.18. The van der Waals surface area contributed by atoms with Gasteiger partial charge in [0, 0.05) is 45.0 Å². The Bertz CT molecular complexity index is 371. The number of carbonyl (C=O) groups is 1. The maximum Gasteiger partial charge on any atom is 0.223 e. The molecule has 19 heavy (non-hydrogen) atoms. The standard InChI is InChI=1S/C14H26N4O/c1-4-10-18-11-9-16-13(18)12-15-8-7-14(19)17(5-2)6-3/h9,11,15H,4-8,10,12H2,1-3H3. The van der Waals surface area contributed by atoms with Gasteiger partial charge in [0.2, 0.25) is 5.91 Å². The van der Waals surface area contributed by atoms with Crippen LogP contribution in [0.25, 0.3) is 0 Å². The van der Waals surface area contributed by atoms with Gasteiger partial charge < -0.3 is 14.8 Å². The molecular formula is C14H26N4O. The minimum absolute atomic E-state index is 0.217. The first-order chi connectivity index (χ1) is 9.22. The van der Waals surface area contributed by atoms with Gasteiger partial charge in [0.1, 0.15) is 5.82 Å². The van der Waals surface area contributed by atoms with Gasteiger partial charge in [-0.15, -0.1) is 0 Å². The Morgan fingerprint density at radius 1 is 1.37 bits per heavy atom. The van der Waals surface area contributed by atoms with Gasteiger partial charge in [0.15, 0.2) is 0 Å². The first-order valence-electron chi connectivity index (χ1n) is 7.21. The van der Waals surface area contributed by atoms with Gasteiger partial charge in [0.25, 0.3) is 0 Å². The third-order valence-electron chi connectivity index (χ3n) is 3.18. The summed E-state index contributed by atoms with van der Waals surface area (Å²) in [6.07, 6.45) is 5.48. The van der Waals surface area contributed by atoms with Crippen molar-refractivity contribution < 1.29 is 4.79 Å². The summed E-state index contributed by atoms with van der Waals surface area (Å²) in [6.45, 7) is 10.2. The highest BCUT2D eigenvalue weighted by Gasteiger charge is 2.08. The van der Waals surface area contributed by atoms with Crippen molar-refractivity contribution in [1.29, 1.82) is 0 Å². The monoisotopic (exact) mass is 266 g/mol. The quantitative estimate of drug-likeness (QED) is 0.691. The van der Waals surface area contributed by atoms with Crippen LogP contribution in [-0.2, 0) is 17.9 Å². The van der Waals surface area contributed by atoms with Crippen LogP contribution in [0.15, 0.2) is 12.4 Å². The first-order valence-corrected chi connectivity index (χ1v) is 7.21. The van der Waals surface area contributed by atoms with Gasteiger partial charge in [0.05, 0.1) is 6.54 Å². The number of rotatable bonds is 9. The number of amides is 1. The van der Waals surface area contributed by atoms with Crippen LogP contribution >= 0.6 is 0 Å². The summed E-state index contributed by atoms with van der Waals surface area (Å²) in [6, 6.07) is 0. The number of hydrogen-bond acceptors (Lipinski definition) is 3. The fourth-order valence-corrected chi connectivity index (χ4v) is 2.08. The molecule has 0 spiro atoms. The van der Waals surface area contributed by atoms with Crippen LogP contribution < -0.4 is 5.32 Å². The summed E-state index contributed by atoms with van der Waals surface area (Å²) >= 11 is 0.